The summed E-state index contributed by atoms with van der Waals surface area (Å²) in [6.45, 7) is 13.7. The van der Waals surface area contributed by atoms with Gasteiger partial charge in [0.15, 0.2) is 0 Å². The summed E-state index contributed by atoms with van der Waals surface area (Å²) in [6.07, 6.45) is 22.5. The van der Waals surface area contributed by atoms with E-state index in [-0.39, 0.29) is 0 Å². The third-order valence-corrected chi connectivity index (χ3v) is 12.0. The van der Waals surface area contributed by atoms with E-state index in [9.17, 15) is 0 Å². The molecular formula is C32H55BrO. The molecule has 0 bridgehead atoms. The van der Waals surface area contributed by atoms with Gasteiger partial charge in [0.25, 0.3) is 0 Å². The Morgan fingerprint density at radius 1 is 0.941 bits per heavy atom. The Morgan fingerprint density at radius 2 is 1.76 bits per heavy atom. The van der Waals surface area contributed by atoms with Crippen molar-refractivity contribution in [1.82, 2.24) is 0 Å². The van der Waals surface area contributed by atoms with Crippen LogP contribution in [0.1, 0.15) is 125 Å². The van der Waals surface area contributed by atoms with Gasteiger partial charge in [0.2, 0.25) is 0 Å². The normalized spacial score (nSPS) is 40.4. The number of rotatable bonds is 11. The predicted octanol–water partition coefficient (Wildman–Crippen LogP) is 9.98. The second kappa shape index (κ2) is 11.7. The van der Waals surface area contributed by atoms with Crippen molar-refractivity contribution in [2.45, 2.75) is 131 Å². The number of hydrogen-bond acceptors (Lipinski definition) is 1. The maximum atomic E-state index is 6.38. The molecule has 0 spiro atoms. The fraction of sp³-hybridized carbons (Fsp3) is 0.938. The number of alkyl halides is 1. The van der Waals surface area contributed by atoms with E-state index in [0.717, 1.165) is 47.4 Å². The van der Waals surface area contributed by atoms with Gasteiger partial charge in [0.1, 0.15) is 0 Å². The van der Waals surface area contributed by atoms with Gasteiger partial charge in [-0.15, -0.1) is 0 Å². The van der Waals surface area contributed by atoms with Gasteiger partial charge in [-0.1, -0.05) is 87.9 Å². The Hall–Kier alpha value is 0.180. The van der Waals surface area contributed by atoms with Gasteiger partial charge in [-0.2, -0.15) is 0 Å². The molecule has 0 aromatic rings. The lowest BCUT2D eigenvalue weighted by atomic mass is 9.47. The van der Waals surface area contributed by atoms with Crippen LogP contribution in [0.2, 0.25) is 0 Å². The van der Waals surface area contributed by atoms with Crippen LogP contribution in [-0.4, -0.2) is 18.0 Å². The van der Waals surface area contributed by atoms with E-state index in [1.165, 1.54) is 89.9 Å². The highest BCUT2D eigenvalue weighted by atomic mass is 79.9. The molecule has 4 aliphatic carbocycles. The van der Waals surface area contributed by atoms with Crippen molar-refractivity contribution in [2.24, 2.45) is 46.3 Å². The molecule has 0 N–H and O–H groups in total. The van der Waals surface area contributed by atoms with Crippen LogP contribution in [-0.2, 0) is 4.74 Å². The molecule has 0 amide bonds. The Labute approximate surface area is 220 Å². The molecule has 0 aromatic carbocycles. The summed E-state index contributed by atoms with van der Waals surface area (Å²) in [5, 5.41) is 1.13. The fourth-order valence-electron chi connectivity index (χ4n) is 9.42. The molecule has 34 heavy (non-hydrogen) atoms. The summed E-state index contributed by atoms with van der Waals surface area (Å²) in [5.41, 5.74) is 2.85. The van der Waals surface area contributed by atoms with Gasteiger partial charge >= 0.3 is 0 Å². The van der Waals surface area contributed by atoms with Crippen molar-refractivity contribution >= 4 is 15.9 Å². The molecule has 0 unspecified atom stereocenters. The molecule has 0 radical (unpaired) electrons. The van der Waals surface area contributed by atoms with Gasteiger partial charge in [-0.25, -0.2) is 0 Å². The zero-order valence-corrected chi connectivity index (χ0v) is 24.8. The predicted molar refractivity (Wildman–Crippen MR) is 150 cm³/mol. The largest absolute Gasteiger partial charge is 0.378 e. The number of allylic oxidation sites excluding steroid dienone is 1. The minimum absolute atomic E-state index is 0.459. The van der Waals surface area contributed by atoms with E-state index in [4.69, 9.17) is 4.74 Å². The molecule has 0 saturated heterocycles. The van der Waals surface area contributed by atoms with E-state index in [0.29, 0.717) is 16.9 Å². The topological polar surface area (TPSA) is 9.23 Å². The average molecular weight is 536 g/mol. The van der Waals surface area contributed by atoms with Gasteiger partial charge in [-0.3, -0.25) is 0 Å². The highest BCUT2D eigenvalue weighted by Gasteiger charge is 2.59. The number of halogens is 1. The van der Waals surface area contributed by atoms with Crippen molar-refractivity contribution in [1.29, 1.82) is 0 Å². The number of fused-ring (bicyclic) bond motifs is 5. The van der Waals surface area contributed by atoms with Crippen LogP contribution in [0.4, 0.5) is 0 Å². The number of ether oxygens (including phenoxy) is 1. The average Bonchev–Trinajstić information content (AvgIpc) is 3.16. The summed E-state index contributed by atoms with van der Waals surface area (Å²) >= 11 is 3.55. The van der Waals surface area contributed by atoms with Gasteiger partial charge in [-0.05, 0) is 111 Å². The molecule has 0 heterocycles. The lowest BCUT2D eigenvalue weighted by molar-refractivity contribution is -0.0641. The molecule has 2 heteroatoms. The van der Waals surface area contributed by atoms with Crippen molar-refractivity contribution < 1.29 is 4.74 Å². The summed E-state index contributed by atoms with van der Waals surface area (Å²) in [7, 11) is 0. The first-order chi connectivity index (χ1) is 16.3. The van der Waals surface area contributed by atoms with Crippen molar-refractivity contribution in [3.8, 4) is 0 Å². The molecule has 4 rings (SSSR count). The summed E-state index contributed by atoms with van der Waals surface area (Å²) in [5.74, 6) is 5.60. The first-order valence-electron chi connectivity index (χ1n) is 15.2. The third kappa shape index (κ3) is 5.54. The minimum Gasteiger partial charge on any atom is -0.378 e. The van der Waals surface area contributed by atoms with E-state index >= 15 is 0 Å². The Bertz CT molecular complexity index is 684. The summed E-state index contributed by atoms with van der Waals surface area (Å²) in [6, 6.07) is 0. The Balaban J connectivity index is 1.37. The van der Waals surface area contributed by atoms with Crippen molar-refractivity contribution in [2.75, 3.05) is 11.9 Å². The monoisotopic (exact) mass is 534 g/mol. The standard InChI is InChI=1S/C32H55BrO/c1-23(2)10-9-11-24(3)28-14-15-29-27-13-12-25-22-26(34-21-8-6-7-20-33)16-18-31(25,4)30(27)17-19-32(28,29)5/h12,23-24,26-30H,6-11,13-22H2,1-5H3/t24-,26+,27+,28-,29+,30+,31+,32-/m1/s1. The quantitative estimate of drug-likeness (QED) is 0.145. The lowest BCUT2D eigenvalue weighted by Gasteiger charge is -2.58. The highest BCUT2D eigenvalue weighted by Crippen LogP contribution is 2.67. The lowest BCUT2D eigenvalue weighted by Crippen LogP contribution is -2.51. The van der Waals surface area contributed by atoms with Crippen LogP contribution in [0, 0.1) is 46.3 Å². The molecule has 1 nitrogen and oxygen atoms in total. The number of hydrogen-bond donors (Lipinski definition) is 0. The Morgan fingerprint density at radius 3 is 2.53 bits per heavy atom. The zero-order chi connectivity index (χ0) is 24.3. The molecule has 0 aliphatic heterocycles. The SMILES string of the molecule is CC(C)CCC[C@@H](C)[C@H]1CC[C@H]2[C@@H]3CC=C4C[C@@H](OCCCCCBr)CC[C@]4(C)[C@H]3CC[C@]12C. The zero-order valence-electron chi connectivity index (χ0n) is 23.2. The molecule has 3 saturated carbocycles. The minimum atomic E-state index is 0.459. The van der Waals surface area contributed by atoms with Crippen LogP contribution < -0.4 is 0 Å². The van der Waals surface area contributed by atoms with Crippen LogP contribution in [0.15, 0.2) is 11.6 Å². The van der Waals surface area contributed by atoms with Gasteiger partial charge in [0, 0.05) is 11.9 Å². The highest BCUT2D eigenvalue weighted by molar-refractivity contribution is 9.09. The molecule has 4 aliphatic rings. The fourth-order valence-corrected chi connectivity index (χ4v) is 9.81. The maximum absolute atomic E-state index is 6.38. The van der Waals surface area contributed by atoms with E-state index in [1.807, 2.05) is 0 Å². The van der Waals surface area contributed by atoms with E-state index in [2.05, 4.69) is 56.6 Å². The summed E-state index contributed by atoms with van der Waals surface area (Å²) in [4.78, 5) is 0. The number of unbranched alkanes of at least 4 members (excludes halogenated alkanes) is 2. The smallest absolute Gasteiger partial charge is 0.0612 e. The first-order valence-corrected chi connectivity index (χ1v) is 16.3. The van der Waals surface area contributed by atoms with E-state index < -0.39 is 0 Å². The molecular weight excluding hydrogens is 480 g/mol. The summed E-state index contributed by atoms with van der Waals surface area (Å²) < 4.78 is 6.38. The second-order valence-electron chi connectivity index (χ2n) is 13.8. The molecule has 196 valence electrons. The maximum Gasteiger partial charge on any atom is 0.0612 e. The molecule has 8 atom stereocenters. The van der Waals surface area contributed by atoms with Gasteiger partial charge < -0.3 is 4.74 Å². The second-order valence-corrected chi connectivity index (χ2v) is 14.6. The van der Waals surface area contributed by atoms with E-state index in [1.54, 1.807) is 5.57 Å². The van der Waals surface area contributed by atoms with Crippen LogP contribution in [0.3, 0.4) is 0 Å². The third-order valence-electron chi connectivity index (χ3n) is 11.4. The van der Waals surface area contributed by atoms with Crippen molar-refractivity contribution in [3.63, 3.8) is 0 Å². The molecule has 0 aromatic heterocycles. The van der Waals surface area contributed by atoms with Gasteiger partial charge in [0.05, 0.1) is 6.10 Å². The van der Waals surface area contributed by atoms with Crippen LogP contribution >= 0.6 is 15.9 Å². The van der Waals surface area contributed by atoms with Crippen LogP contribution in [0.5, 0.6) is 0 Å². The van der Waals surface area contributed by atoms with Crippen LogP contribution in [0.25, 0.3) is 0 Å². The van der Waals surface area contributed by atoms with Crippen molar-refractivity contribution in [3.05, 3.63) is 11.6 Å². The molecule has 3 fully saturated rings. The first kappa shape index (κ1) is 27.2. The Kier molecular flexibility index (Phi) is 9.37.